The second kappa shape index (κ2) is 10.9. The normalized spacial score (nSPS) is 15.2. The molecule has 0 fully saturated rings. The molecule has 0 spiro atoms. The van der Waals surface area contributed by atoms with Crippen molar-refractivity contribution in [3.63, 3.8) is 0 Å². The molecule has 1 aromatic heterocycles. The van der Waals surface area contributed by atoms with E-state index in [2.05, 4.69) is 31.8 Å². The first-order chi connectivity index (χ1) is 16.7. The lowest BCUT2D eigenvalue weighted by molar-refractivity contribution is -0.140. The van der Waals surface area contributed by atoms with Gasteiger partial charge in [-0.2, -0.15) is 4.98 Å². The van der Waals surface area contributed by atoms with Crippen LogP contribution in [0.2, 0.25) is 0 Å². The fourth-order valence-electron chi connectivity index (χ4n) is 3.61. The van der Waals surface area contributed by atoms with E-state index in [1.54, 1.807) is 17.0 Å². The number of amides is 1. The van der Waals surface area contributed by atoms with Gasteiger partial charge in [0.2, 0.25) is 5.95 Å². The number of benzene rings is 1. The summed E-state index contributed by atoms with van der Waals surface area (Å²) in [6.45, 7) is 1.03. The van der Waals surface area contributed by atoms with E-state index in [9.17, 15) is 24.3 Å². The maximum atomic E-state index is 12.4. The van der Waals surface area contributed by atoms with Crippen molar-refractivity contribution in [1.82, 2.24) is 15.3 Å². The van der Waals surface area contributed by atoms with Crippen molar-refractivity contribution in [2.45, 2.75) is 24.9 Å². The zero-order chi connectivity index (χ0) is 25.5. The fourth-order valence-corrected chi connectivity index (χ4v) is 3.61. The Morgan fingerprint density at radius 3 is 2.63 bits per heavy atom. The van der Waals surface area contributed by atoms with Gasteiger partial charge in [-0.05, 0) is 30.7 Å². The van der Waals surface area contributed by atoms with Crippen molar-refractivity contribution in [3.8, 4) is 12.3 Å². The molecule has 1 amide bonds. The number of nitrogens with one attached hydrogen (secondary N) is 4. The van der Waals surface area contributed by atoms with Crippen molar-refractivity contribution in [2.75, 3.05) is 40.9 Å². The highest BCUT2D eigenvalue weighted by Gasteiger charge is 2.29. The van der Waals surface area contributed by atoms with Crippen LogP contribution in [0, 0.1) is 12.3 Å². The summed E-state index contributed by atoms with van der Waals surface area (Å²) in [6.07, 6.45) is 4.89. The van der Waals surface area contributed by atoms with Gasteiger partial charge in [-0.3, -0.25) is 19.4 Å². The summed E-state index contributed by atoms with van der Waals surface area (Å²) < 4.78 is 0. The van der Waals surface area contributed by atoms with Crippen LogP contribution in [0.1, 0.15) is 23.2 Å². The second-order valence-corrected chi connectivity index (χ2v) is 7.77. The number of hydrogen-bond donors (Lipinski definition) is 7. The Labute approximate surface area is 199 Å². The third kappa shape index (κ3) is 6.20. The van der Waals surface area contributed by atoms with E-state index < -0.39 is 29.4 Å². The smallest absolute Gasteiger partial charge is 0.326 e. The predicted molar refractivity (Wildman–Crippen MR) is 128 cm³/mol. The van der Waals surface area contributed by atoms with Gasteiger partial charge in [0.25, 0.3) is 11.5 Å². The maximum absolute atomic E-state index is 12.4. The molecule has 2 heterocycles. The summed E-state index contributed by atoms with van der Waals surface area (Å²) in [5.74, 6) is -0.189. The molecule has 35 heavy (non-hydrogen) atoms. The molecule has 0 saturated heterocycles. The van der Waals surface area contributed by atoms with E-state index in [0.29, 0.717) is 30.3 Å². The van der Waals surface area contributed by atoms with Crippen LogP contribution in [0.4, 0.5) is 23.1 Å². The minimum absolute atomic E-state index is 0.000768. The van der Waals surface area contributed by atoms with Crippen LogP contribution in [0.3, 0.4) is 0 Å². The van der Waals surface area contributed by atoms with Gasteiger partial charge in [-0.25, -0.2) is 4.79 Å². The first-order valence-corrected chi connectivity index (χ1v) is 10.6. The van der Waals surface area contributed by atoms with E-state index >= 15 is 0 Å². The van der Waals surface area contributed by atoms with Crippen LogP contribution < -0.4 is 32.1 Å². The Kier molecular flexibility index (Phi) is 7.77. The molecule has 1 aromatic carbocycles. The van der Waals surface area contributed by atoms with Crippen molar-refractivity contribution in [3.05, 3.63) is 40.2 Å². The number of rotatable bonds is 10. The molecule has 13 heteroatoms. The SMILES string of the molecule is C#CCN1c2c(nc(N)[nH]c2=O)NCC1CNc1ccc(C(=O)NC(CCC(=O)O)C(=O)O)cc1. The van der Waals surface area contributed by atoms with Gasteiger partial charge in [0.05, 0.1) is 12.6 Å². The average Bonchev–Trinajstić information content (AvgIpc) is 2.80. The number of fused-ring (bicyclic) bond motifs is 1. The van der Waals surface area contributed by atoms with Gasteiger partial charge >= 0.3 is 11.9 Å². The van der Waals surface area contributed by atoms with Crippen LogP contribution in [0.5, 0.6) is 0 Å². The standard InChI is InChI=1S/C22H25N7O6/c1-2-9-29-14(11-25-18-17(29)20(33)28-22(23)27-18)10-24-13-5-3-12(4-6-13)19(32)26-15(21(34)35)7-8-16(30)31/h1,3-6,14-15,24H,7-11H2,(H,26,32)(H,30,31)(H,34,35)(H4,23,25,27,28,33). The molecule has 2 atom stereocenters. The second-order valence-electron chi connectivity index (χ2n) is 7.77. The minimum Gasteiger partial charge on any atom is -0.481 e. The molecule has 3 rings (SSSR count). The topological polar surface area (TPSA) is 203 Å². The number of aromatic amines is 1. The monoisotopic (exact) mass is 483 g/mol. The molecule has 2 unspecified atom stereocenters. The number of nitrogens with two attached hydrogens (primary N) is 1. The summed E-state index contributed by atoms with van der Waals surface area (Å²) in [4.78, 5) is 55.1. The Bertz CT molecular complexity index is 1200. The molecule has 184 valence electrons. The summed E-state index contributed by atoms with van der Waals surface area (Å²) in [6, 6.07) is 4.81. The lowest BCUT2D eigenvalue weighted by Crippen LogP contribution is -2.50. The third-order valence-corrected chi connectivity index (χ3v) is 5.35. The molecular formula is C22H25N7O6. The number of hydrogen-bond acceptors (Lipinski definition) is 9. The third-order valence-electron chi connectivity index (χ3n) is 5.35. The summed E-state index contributed by atoms with van der Waals surface area (Å²) in [5, 5.41) is 26.6. The molecule has 1 aliphatic rings. The molecule has 13 nitrogen and oxygen atoms in total. The first kappa shape index (κ1) is 24.9. The van der Waals surface area contributed by atoms with Crippen LogP contribution >= 0.6 is 0 Å². The van der Waals surface area contributed by atoms with Crippen LogP contribution in [0.25, 0.3) is 0 Å². The Morgan fingerprint density at radius 2 is 2.00 bits per heavy atom. The van der Waals surface area contributed by atoms with E-state index in [0.717, 1.165) is 0 Å². The van der Waals surface area contributed by atoms with E-state index in [-0.39, 0.29) is 36.9 Å². The minimum atomic E-state index is -1.31. The van der Waals surface area contributed by atoms with Crippen molar-refractivity contribution in [2.24, 2.45) is 0 Å². The predicted octanol–water partition coefficient (Wildman–Crippen LogP) is -0.254. The van der Waals surface area contributed by atoms with Gasteiger partial charge in [-0.15, -0.1) is 6.42 Å². The highest BCUT2D eigenvalue weighted by atomic mass is 16.4. The van der Waals surface area contributed by atoms with Gasteiger partial charge < -0.3 is 36.8 Å². The largest absolute Gasteiger partial charge is 0.481 e. The summed E-state index contributed by atoms with van der Waals surface area (Å²) in [5.41, 5.74) is 6.41. The number of carbonyl (C=O) groups is 3. The van der Waals surface area contributed by atoms with Crippen molar-refractivity contribution < 1.29 is 24.6 Å². The zero-order valence-electron chi connectivity index (χ0n) is 18.6. The number of carboxylic acid groups (broad SMARTS) is 2. The number of H-pyrrole nitrogens is 1. The number of carboxylic acids is 2. The molecule has 0 saturated carbocycles. The van der Waals surface area contributed by atoms with E-state index in [4.69, 9.17) is 17.3 Å². The van der Waals surface area contributed by atoms with E-state index in [1.165, 1.54) is 12.1 Å². The molecule has 0 bridgehead atoms. The Hall–Kier alpha value is -4.73. The number of aromatic nitrogens is 2. The molecule has 1 aliphatic heterocycles. The van der Waals surface area contributed by atoms with Gasteiger partial charge in [0, 0.05) is 30.8 Å². The lowest BCUT2D eigenvalue weighted by Gasteiger charge is -2.37. The average molecular weight is 483 g/mol. The highest BCUT2D eigenvalue weighted by molar-refractivity contribution is 5.97. The first-order valence-electron chi connectivity index (χ1n) is 10.6. The molecule has 8 N–H and O–H groups in total. The Morgan fingerprint density at radius 1 is 1.29 bits per heavy atom. The fraction of sp³-hybridized carbons (Fsp3) is 0.318. The number of nitrogens with zero attached hydrogens (tertiary/aromatic N) is 2. The van der Waals surface area contributed by atoms with Crippen LogP contribution in [-0.2, 0) is 9.59 Å². The van der Waals surface area contributed by atoms with Crippen LogP contribution in [-0.4, -0.2) is 69.7 Å². The number of anilines is 4. The highest BCUT2D eigenvalue weighted by Crippen LogP contribution is 2.26. The molecule has 0 aliphatic carbocycles. The van der Waals surface area contributed by atoms with Gasteiger partial charge in [0.1, 0.15) is 11.7 Å². The summed E-state index contributed by atoms with van der Waals surface area (Å²) in [7, 11) is 0. The van der Waals surface area contributed by atoms with Crippen molar-refractivity contribution >= 4 is 41.0 Å². The van der Waals surface area contributed by atoms with Crippen LogP contribution in [0.15, 0.2) is 29.1 Å². The molecular weight excluding hydrogens is 458 g/mol. The molecule has 2 aromatic rings. The number of terminal acetylenes is 1. The number of carbonyl (C=O) groups excluding carboxylic acids is 1. The van der Waals surface area contributed by atoms with E-state index in [1.807, 2.05) is 0 Å². The number of nitrogen functional groups attached to an aromatic ring is 1. The zero-order valence-corrected chi connectivity index (χ0v) is 18.6. The Balaban J connectivity index is 1.64. The molecule has 0 radical (unpaired) electrons. The lowest BCUT2D eigenvalue weighted by atomic mass is 10.1. The number of aliphatic carboxylic acids is 2. The van der Waals surface area contributed by atoms with Gasteiger partial charge in [-0.1, -0.05) is 5.92 Å². The maximum Gasteiger partial charge on any atom is 0.326 e. The summed E-state index contributed by atoms with van der Waals surface area (Å²) >= 11 is 0. The van der Waals surface area contributed by atoms with Gasteiger partial charge in [0.15, 0.2) is 5.82 Å². The van der Waals surface area contributed by atoms with Crippen molar-refractivity contribution in [1.29, 1.82) is 0 Å². The quantitative estimate of drug-likeness (QED) is 0.219.